The number of rotatable bonds is 39. The number of hydrogen-bond donors (Lipinski definition) is 3. The average Bonchev–Trinajstić information content (AvgIpc) is 3.09. The smallest absolute Gasteiger partial charge is 0.462 e. The molecule has 0 saturated carbocycles. The maximum atomic E-state index is 12.6. The summed E-state index contributed by atoms with van der Waals surface area (Å²) in [5.41, 5.74) is 0. The summed E-state index contributed by atoms with van der Waals surface area (Å²) in [4.78, 5) is 35.0. The van der Waals surface area contributed by atoms with Crippen molar-refractivity contribution in [2.45, 2.75) is 212 Å². The van der Waals surface area contributed by atoms with Gasteiger partial charge in [-0.05, 0) is 19.3 Å². The van der Waals surface area contributed by atoms with E-state index in [2.05, 4.69) is 13.8 Å². The van der Waals surface area contributed by atoms with Crippen molar-refractivity contribution < 1.29 is 47.8 Å². The van der Waals surface area contributed by atoms with Crippen molar-refractivity contribution in [1.82, 2.24) is 0 Å². The summed E-state index contributed by atoms with van der Waals surface area (Å²) < 4.78 is 33.0. The lowest BCUT2D eigenvalue weighted by Crippen LogP contribution is -2.29. The van der Waals surface area contributed by atoms with E-state index in [-0.39, 0.29) is 32.5 Å². The van der Waals surface area contributed by atoms with Gasteiger partial charge in [0.25, 0.3) is 0 Å². The van der Waals surface area contributed by atoms with E-state index in [0.717, 1.165) is 38.5 Å². The second-order valence-electron chi connectivity index (χ2n) is 14.0. The predicted molar refractivity (Wildman–Crippen MR) is 201 cm³/mol. The zero-order valence-corrected chi connectivity index (χ0v) is 33.0. The van der Waals surface area contributed by atoms with Crippen LogP contribution in [0, 0.1) is 0 Å². The Balaban J connectivity index is 4.32. The van der Waals surface area contributed by atoms with Crippen LogP contribution in [0.5, 0.6) is 0 Å². The first kappa shape index (κ1) is 49.0. The first-order valence-corrected chi connectivity index (χ1v) is 22.0. The highest BCUT2D eigenvalue weighted by atomic mass is 31.2. The van der Waals surface area contributed by atoms with Crippen LogP contribution >= 0.6 is 7.82 Å². The van der Waals surface area contributed by atoms with Gasteiger partial charge in [0.2, 0.25) is 0 Å². The molecule has 0 fully saturated rings. The summed E-state index contributed by atoms with van der Waals surface area (Å²) in [7, 11) is -4.52. The molecule has 0 saturated heterocycles. The van der Waals surface area contributed by atoms with Gasteiger partial charge in [-0.2, -0.15) is 0 Å². The Morgan fingerprint density at radius 2 is 0.940 bits per heavy atom. The van der Waals surface area contributed by atoms with Gasteiger partial charge in [-0.25, -0.2) is 4.57 Å². The normalized spacial score (nSPS) is 13.9. The number of phosphoric ester groups is 1. The van der Waals surface area contributed by atoms with Gasteiger partial charge in [0.05, 0.1) is 25.9 Å². The van der Waals surface area contributed by atoms with Crippen molar-refractivity contribution in [3.63, 3.8) is 0 Å². The number of aliphatic hydroxyl groups is 2. The molecule has 3 N–H and O–H groups in total. The Bertz CT molecular complexity index is 812. The minimum Gasteiger partial charge on any atom is -0.462 e. The molecular formula is C39H77O10P. The molecule has 0 bridgehead atoms. The number of phosphoric acid groups is 1. The van der Waals surface area contributed by atoms with E-state index >= 15 is 0 Å². The van der Waals surface area contributed by atoms with Crippen LogP contribution in [0.25, 0.3) is 0 Å². The topological polar surface area (TPSA) is 149 Å². The summed E-state index contributed by atoms with van der Waals surface area (Å²) in [6.45, 7) is 2.88. The molecule has 0 spiro atoms. The molecule has 0 aromatic rings. The molecule has 0 amide bonds. The summed E-state index contributed by atoms with van der Waals surface area (Å²) in [5, 5.41) is 18.3. The van der Waals surface area contributed by atoms with Crippen LogP contribution in [0.4, 0.5) is 0 Å². The van der Waals surface area contributed by atoms with Crippen LogP contribution in [-0.2, 0) is 32.7 Å². The molecule has 50 heavy (non-hydrogen) atoms. The first-order chi connectivity index (χ1) is 24.2. The van der Waals surface area contributed by atoms with Crippen LogP contribution in [-0.4, -0.2) is 65.7 Å². The molecule has 2 unspecified atom stereocenters. The van der Waals surface area contributed by atoms with Crippen molar-refractivity contribution in [1.29, 1.82) is 0 Å². The number of hydrogen-bond acceptors (Lipinski definition) is 9. The molecule has 0 aliphatic rings. The average molecular weight is 737 g/mol. The van der Waals surface area contributed by atoms with Crippen molar-refractivity contribution in [2.24, 2.45) is 0 Å². The Labute approximate surface area is 305 Å². The largest absolute Gasteiger partial charge is 0.472 e. The molecule has 298 valence electrons. The molecule has 0 rings (SSSR count). The molecule has 0 aromatic heterocycles. The predicted octanol–water partition coefficient (Wildman–Crippen LogP) is 10.3. The van der Waals surface area contributed by atoms with E-state index in [1.54, 1.807) is 0 Å². The summed E-state index contributed by atoms with van der Waals surface area (Å²) in [6.07, 6.45) is 29.6. The number of ether oxygens (including phenoxy) is 2. The SMILES string of the molecule is CCCCCCCCCCCCCCCCCC(=O)OC[C@H](COP(=O)(O)OCCC(O)CO)OC(=O)CCCCCCCCCCCCC. The maximum absolute atomic E-state index is 12.6. The number of carbonyl (C=O) groups excluding carboxylic acids is 2. The van der Waals surface area contributed by atoms with Crippen LogP contribution < -0.4 is 0 Å². The lowest BCUT2D eigenvalue weighted by atomic mass is 10.0. The molecule has 0 heterocycles. The second-order valence-corrected chi connectivity index (χ2v) is 15.5. The van der Waals surface area contributed by atoms with Crippen molar-refractivity contribution >= 4 is 19.8 Å². The van der Waals surface area contributed by atoms with E-state index < -0.39 is 45.2 Å². The quantitative estimate of drug-likeness (QED) is 0.0316. The number of carbonyl (C=O) groups is 2. The van der Waals surface area contributed by atoms with E-state index in [1.807, 2.05) is 0 Å². The van der Waals surface area contributed by atoms with Crippen LogP contribution in [0.1, 0.15) is 200 Å². The van der Waals surface area contributed by atoms with Crippen LogP contribution in [0.3, 0.4) is 0 Å². The fourth-order valence-electron chi connectivity index (χ4n) is 5.80. The van der Waals surface area contributed by atoms with E-state index in [0.29, 0.717) is 6.42 Å². The number of unbranched alkanes of at least 4 members (excludes halogenated alkanes) is 24. The van der Waals surface area contributed by atoms with Crippen molar-refractivity contribution in [3.05, 3.63) is 0 Å². The van der Waals surface area contributed by atoms with Gasteiger partial charge < -0.3 is 24.6 Å². The summed E-state index contributed by atoms with van der Waals surface area (Å²) >= 11 is 0. The van der Waals surface area contributed by atoms with Gasteiger partial charge in [-0.3, -0.25) is 18.6 Å². The Morgan fingerprint density at radius 1 is 0.560 bits per heavy atom. The highest BCUT2D eigenvalue weighted by Gasteiger charge is 2.26. The minimum atomic E-state index is -4.52. The number of esters is 2. The summed E-state index contributed by atoms with van der Waals surface area (Å²) in [6, 6.07) is 0. The molecule has 0 aliphatic heterocycles. The van der Waals surface area contributed by atoms with E-state index in [1.165, 1.54) is 122 Å². The minimum absolute atomic E-state index is 0.0568. The third-order valence-corrected chi connectivity index (χ3v) is 10.0. The van der Waals surface area contributed by atoms with E-state index in [4.69, 9.17) is 23.6 Å². The molecule has 0 aromatic carbocycles. The third kappa shape index (κ3) is 35.4. The van der Waals surface area contributed by atoms with Crippen LogP contribution in [0.2, 0.25) is 0 Å². The summed E-state index contributed by atoms with van der Waals surface area (Å²) in [5.74, 6) is -0.889. The zero-order valence-electron chi connectivity index (χ0n) is 32.1. The fraction of sp³-hybridized carbons (Fsp3) is 0.949. The first-order valence-electron chi connectivity index (χ1n) is 20.5. The Kier molecular flexibility index (Phi) is 35.6. The van der Waals surface area contributed by atoms with Gasteiger partial charge >= 0.3 is 19.8 Å². The van der Waals surface area contributed by atoms with Gasteiger partial charge in [-0.1, -0.05) is 168 Å². The molecule has 0 radical (unpaired) electrons. The molecule has 0 aliphatic carbocycles. The van der Waals surface area contributed by atoms with Gasteiger partial charge in [0.1, 0.15) is 6.61 Å². The van der Waals surface area contributed by atoms with Crippen molar-refractivity contribution in [2.75, 3.05) is 26.4 Å². The van der Waals surface area contributed by atoms with Crippen LogP contribution in [0.15, 0.2) is 0 Å². The monoisotopic (exact) mass is 737 g/mol. The standard InChI is InChI=1S/C39H77O10P/c1-3-5-7-9-11-13-15-16-17-18-20-21-23-25-27-29-38(42)46-34-37(35-48-50(44,45)47-32-31-36(41)33-40)49-39(43)30-28-26-24-22-19-14-12-10-8-6-4-2/h36-37,40-41H,3-35H2,1-2H3,(H,44,45)/t36?,37-/m1/s1. The molecule has 11 heteroatoms. The Morgan fingerprint density at radius 3 is 1.34 bits per heavy atom. The number of aliphatic hydroxyl groups excluding tert-OH is 2. The third-order valence-electron chi connectivity index (χ3n) is 9.04. The highest BCUT2D eigenvalue weighted by molar-refractivity contribution is 7.47. The maximum Gasteiger partial charge on any atom is 0.472 e. The van der Waals surface area contributed by atoms with Gasteiger partial charge in [-0.15, -0.1) is 0 Å². The van der Waals surface area contributed by atoms with Gasteiger partial charge in [0.15, 0.2) is 6.10 Å². The second kappa shape index (κ2) is 36.3. The lowest BCUT2D eigenvalue weighted by molar-refractivity contribution is -0.161. The van der Waals surface area contributed by atoms with Gasteiger partial charge in [0, 0.05) is 12.8 Å². The molecule has 3 atom stereocenters. The highest BCUT2D eigenvalue weighted by Crippen LogP contribution is 2.43. The van der Waals surface area contributed by atoms with Crippen molar-refractivity contribution in [3.8, 4) is 0 Å². The van der Waals surface area contributed by atoms with E-state index in [9.17, 15) is 24.2 Å². The zero-order chi connectivity index (χ0) is 37.0. The molecule has 10 nitrogen and oxygen atoms in total. The molecular weight excluding hydrogens is 659 g/mol. The fourth-order valence-corrected chi connectivity index (χ4v) is 6.57. The Hall–Kier alpha value is -1.03. The lowest BCUT2D eigenvalue weighted by Gasteiger charge is -2.20.